The highest BCUT2D eigenvalue weighted by Gasteiger charge is 2.09. The standard InChI is InChI=1S/C13H11BrClFN2O/c1-17-7-8-4-9(2-3-18-8)19-13-6-12(16)11(15)5-10(13)14/h2-6,17H,7H2,1H3. The Morgan fingerprint density at radius 1 is 1.42 bits per heavy atom. The van der Waals surface area contributed by atoms with E-state index in [9.17, 15) is 4.39 Å². The number of nitrogens with zero attached hydrogens (tertiary/aromatic N) is 1. The van der Waals surface area contributed by atoms with Crippen molar-refractivity contribution in [2.75, 3.05) is 7.05 Å². The molecule has 2 aromatic rings. The van der Waals surface area contributed by atoms with Crippen LogP contribution in [-0.2, 0) is 6.54 Å². The fraction of sp³-hybridized carbons (Fsp3) is 0.154. The minimum absolute atomic E-state index is 0.0461. The van der Waals surface area contributed by atoms with Gasteiger partial charge < -0.3 is 10.1 Å². The number of ether oxygens (including phenoxy) is 1. The summed E-state index contributed by atoms with van der Waals surface area (Å²) in [5.41, 5.74) is 0.838. The molecule has 0 unspecified atom stereocenters. The molecule has 1 N–H and O–H groups in total. The van der Waals surface area contributed by atoms with Gasteiger partial charge in [0.15, 0.2) is 0 Å². The van der Waals surface area contributed by atoms with E-state index in [2.05, 4.69) is 26.2 Å². The molecule has 0 saturated heterocycles. The van der Waals surface area contributed by atoms with Gasteiger partial charge in [-0.05, 0) is 35.1 Å². The van der Waals surface area contributed by atoms with Crippen molar-refractivity contribution in [1.29, 1.82) is 0 Å². The third-order valence-electron chi connectivity index (χ3n) is 2.35. The molecular formula is C13H11BrClFN2O. The first kappa shape index (κ1) is 14.2. The van der Waals surface area contributed by atoms with E-state index in [0.717, 1.165) is 5.69 Å². The van der Waals surface area contributed by atoms with Crippen molar-refractivity contribution < 1.29 is 9.13 Å². The average molecular weight is 346 g/mol. The fourth-order valence-electron chi connectivity index (χ4n) is 1.51. The Hall–Kier alpha value is -1.17. The van der Waals surface area contributed by atoms with Gasteiger partial charge in [-0.2, -0.15) is 0 Å². The summed E-state index contributed by atoms with van der Waals surface area (Å²) in [7, 11) is 1.83. The first-order valence-electron chi connectivity index (χ1n) is 5.52. The topological polar surface area (TPSA) is 34.1 Å². The van der Waals surface area contributed by atoms with Gasteiger partial charge in [-0.15, -0.1) is 0 Å². The van der Waals surface area contributed by atoms with Crippen LogP contribution in [0.15, 0.2) is 34.9 Å². The van der Waals surface area contributed by atoms with Crippen molar-refractivity contribution >= 4 is 27.5 Å². The van der Waals surface area contributed by atoms with Gasteiger partial charge in [-0.3, -0.25) is 4.98 Å². The molecule has 0 amide bonds. The number of benzene rings is 1. The maximum Gasteiger partial charge on any atom is 0.145 e. The Morgan fingerprint density at radius 2 is 2.21 bits per heavy atom. The largest absolute Gasteiger partial charge is 0.456 e. The Balaban J connectivity index is 2.25. The average Bonchev–Trinajstić information content (AvgIpc) is 2.37. The molecule has 6 heteroatoms. The summed E-state index contributed by atoms with van der Waals surface area (Å²) in [6.07, 6.45) is 1.64. The first-order chi connectivity index (χ1) is 9.10. The van der Waals surface area contributed by atoms with Crippen molar-refractivity contribution in [3.8, 4) is 11.5 Å². The summed E-state index contributed by atoms with van der Waals surface area (Å²) in [5.74, 6) is 0.426. The lowest BCUT2D eigenvalue weighted by molar-refractivity contribution is 0.472. The Morgan fingerprint density at radius 3 is 2.95 bits per heavy atom. The number of rotatable bonds is 4. The molecule has 1 aromatic heterocycles. The highest BCUT2D eigenvalue weighted by molar-refractivity contribution is 9.10. The van der Waals surface area contributed by atoms with Crippen molar-refractivity contribution in [2.45, 2.75) is 6.54 Å². The second kappa shape index (κ2) is 6.32. The number of aromatic nitrogens is 1. The summed E-state index contributed by atoms with van der Waals surface area (Å²) in [6, 6.07) is 6.19. The summed E-state index contributed by atoms with van der Waals surface area (Å²) >= 11 is 8.96. The van der Waals surface area contributed by atoms with E-state index in [0.29, 0.717) is 22.5 Å². The van der Waals surface area contributed by atoms with Crippen LogP contribution in [0.25, 0.3) is 0 Å². The molecule has 0 radical (unpaired) electrons. The lowest BCUT2D eigenvalue weighted by Gasteiger charge is -2.09. The molecular weight excluding hydrogens is 335 g/mol. The van der Waals surface area contributed by atoms with Crippen LogP contribution in [0.4, 0.5) is 4.39 Å². The van der Waals surface area contributed by atoms with Crippen molar-refractivity contribution in [1.82, 2.24) is 10.3 Å². The smallest absolute Gasteiger partial charge is 0.145 e. The molecule has 2 rings (SSSR count). The van der Waals surface area contributed by atoms with Gasteiger partial charge in [0.05, 0.1) is 15.2 Å². The predicted octanol–water partition coefficient (Wildman–Crippen LogP) is 4.15. The molecule has 0 spiro atoms. The zero-order valence-electron chi connectivity index (χ0n) is 10.1. The SMILES string of the molecule is CNCc1cc(Oc2cc(F)c(Cl)cc2Br)ccn1. The van der Waals surface area contributed by atoms with E-state index in [4.69, 9.17) is 16.3 Å². The molecule has 0 bridgehead atoms. The van der Waals surface area contributed by atoms with Crippen LogP contribution in [0.2, 0.25) is 5.02 Å². The van der Waals surface area contributed by atoms with E-state index in [-0.39, 0.29) is 5.02 Å². The van der Waals surface area contributed by atoms with Gasteiger partial charge in [0.2, 0.25) is 0 Å². The van der Waals surface area contributed by atoms with Crippen molar-refractivity contribution in [3.63, 3.8) is 0 Å². The third kappa shape index (κ3) is 3.65. The fourth-order valence-corrected chi connectivity index (χ4v) is 2.23. The monoisotopic (exact) mass is 344 g/mol. The maximum absolute atomic E-state index is 13.4. The van der Waals surface area contributed by atoms with E-state index in [1.54, 1.807) is 18.3 Å². The molecule has 1 aromatic carbocycles. The molecule has 3 nitrogen and oxygen atoms in total. The van der Waals surface area contributed by atoms with E-state index < -0.39 is 5.82 Å². The molecule has 0 saturated carbocycles. The Kier molecular flexibility index (Phi) is 4.74. The number of hydrogen-bond donors (Lipinski definition) is 1. The number of pyridine rings is 1. The summed E-state index contributed by atoms with van der Waals surface area (Å²) < 4.78 is 19.6. The zero-order valence-corrected chi connectivity index (χ0v) is 12.4. The van der Waals surface area contributed by atoms with Gasteiger partial charge in [0.1, 0.15) is 17.3 Å². The normalized spacial score (nSPS) is 10.5. The van der Waals surface area contributed by atoms with Gasteiger partial charge in [0, 0.05) is 24.9 Å². The van der Waals surface area contributed by atoms with Gasteiger partial charge in [0.25, 0.3) is 0 Å². The van der Waals surface area contributed by atoms with Crippen LogP contribution in [0.1, 0.15) is 5.69 Å². The molecule has 0 aliphatic heterocycles. The quantitative estimate of drug-likeness (QED) is 0.845. The van der Waals surface area contributed by atoms with Crippen LogP contribution in [0.5, 0.6) is 11.5 Å². The molecule has 0 fully saturated rings. The van der Waals surface area contributed by atoms with Gasteiger partial charge in [-0.25, -0.2) is 4.39 Å². The minimum Gasteiger partial charge on any atom is -0.456 e. The Bertz CT molecular complexity index is 595. The molecule has 19 heavy (non-hydrogen) atoms. The number of nitrogens with one attached hydrogen (secondary N) is 1. The summed E-state index contributed by atoms with van der Waals surface area (Å²) in [5, 5.41) is 3.04. The van der Waals surface area contributed by atoms with Crippen LogP contribution < -0.4 is 10.1 Å². The van der Waals surface area contributed by atoms with E-state index in [1.165, 1.54) is 12.1 Å². The van der Waals surface area contributed by atoms with Crippen LogP contribution in [-0.4, -0.2) is 12.0 Å². The Labute approximate surface area is 123 Å². The van der Waals surface area contributed by atoms with Crippen LogP contribution in [0, 0.1) is 5.82 Å². The molecule has 0 atom stereocenters. The van der Waals surface area contributed by atoms with E-state index in [1.807, 2.05) is 7.05 Å². The van der Waals surface area contributed by atoms with E-state index >= 15 is 0 Å². The highest BCUT2D eigenvalue weighted by atomic mass is 79.9. The minimum atomic E-state index is -0.524. The molecule has 0 aliphatic carbocycles. The second-order valence-electron chi connectivity index (χ2n) is 3.81. The summed E-state index contributed by atoms with van der Waals surface area (Å²) in [6.45, 7) is 0.632. The number of hydrogen-bond acceptors (Lipinski definition) is 3. The maximum atomic E-state index is 13.4. The molecule has 0 aliphatic rings. The first-order valence-corrected chi connectivity index (χ1v) is 6.69. The summed E-state index contributed by atoms with van der Waals surface area (Å²) in [4.78, 5) is 4.18. The van der Waals surface area contributed by atoms with Gasteiger partial charge in [-0.1, -0.05) is 11.6 Å². The van der Waals surface area contributed by atoms with Crippen molar-refractivity contribution in [2.24, 2.45) is 0 Å². The van der Waals surface area contributed by atoms with Crippen molar-refractivity contribution in [3.05, 3.63) is 51.5 Å². The predicted molar refractivity (Wildman–Crippen MR) is 76.2 cm³/mol. The molecule has 1 heterocycles. The lowest BCUT2D eigenvalue weighted by Crippen LogP contribution is -2.06. The number of halogens is 3. The molecule has 100 valence electrons. The van der Waals surface area contributed by atoms with Crippen LogP contribution in [0.3, 0.4) is 0 Å². The lowest BCUT2D eigenvalue weighted by atomic mass is 10.3. The highest BCUT2D eigenvalue weighted by Crippen LogP contribution is 2.33. The van der Waals surface area contributed by atoms with Gasteiger partial charge >= 0.3 is 0 Å². The van der Waals surface area contributed by atoms with Crippen LogP contribution >= 0.6 is 27.5 Å². The second-order valence-corrected chi connectivity index (χ2v) is 5.07. The zero-order chi connectivity index (χ0) is 13.8. The third-order valence-corrected chi connectivity index (χ3v) is 3.26.